The molecule has 0 fully saturated rings. The number of allylic oxidation sites excluding steroid dienone is 12. The van der Waals surface area contributed by atoms with Crippen molar-refractivity contribution in [3.05, 3.63) is 72.9 Å². The molecule has 0 spiro atoms. The van der Waals surface area contributed by atoms with Gasteiger partial charge in [0.15, 0.2) is 0 Å². The molecule has 0 aliphatic heterocycles. The smallest absolute Gasteiger partial charge is 0.306 e. The Bertz CT molecular complexity index is 1200. The first kappa shape index (κ1) is 62.3. The SMILES string of the molecule is CC/C=C\C/C=C\C/C=C\C/C=C\C/C=C\C/C=C\CCC(=O)OC(CCCCCCCCCCCCCC)CC(=O)NC(CO)C(O)CCCCCCCCCCCCCCCCC. The molecule has 3 atom stereocenters. The Morgan fingerprint density at radius 2 is 0.800 bits per heavy atom. The van der Waals surface area contributed by atoms with Crippen molar-refractivity contribution in [1.29, 1.82) is 0 Å². The molecule has 0 radical (unpaired) electrons. The number of hydrogen-bond acceptors (Lipinski definition) is 5. The molecule has 0 bridgehead atoms. The highest BCUT2D eigenvalue weighted by atomic mass is 16.5. The van der Waals surface area contributed by atoms with Gasteiger partial charge in [-0.2, -0.15) is 0 Å². The third kappa shape index (κ3) is 47.6. The molecule has 1 amide bonds. The zero-order valence-electron chi connectivity index (χ0n) is 42.9. The van der Waals surface area contributed by atoms with Gasteiger partial charge in [-0.15, -0.1) is 0 Å². The Hall–Kier alpha value is -2.70. The van der Waals surface area contributed by atoms with Crippen LogP contribution in [-0.4, -0.2) is 46.9 Å². The van der Waals surface area contributed by atoms with Gasteiger partial charge in [0.2, 0.25) is 5.91 Å². The monoisotopic (exact) mass is 908 g/mol. The van der Waals surface area contributed by atoms with Crippen molar-refractivity contribution in [3.8, 4) is 0 Å². The summed E-state index contributed by atoms with van der Waals surface area (Å²) >= 11 is 0. The predicted octanol–water partition coefficient (Wildman–Crippen LogP) is 17.0. The first-order chi connectivity index (χ1) is 32.0. The number of carbonyl (C=O) groups excluding carboxylic acids is 2. The molecule has 3 N–H and O–H groups in total. The summed E-state index contributed by atoms with van der Waals surface area (Å²) in [5, 5.41) is 23.8. The van der Waals surface area contributed by atoms with Crippen molar-refractivity contribution < 1.29 is 24.5 Å². The number of ether oxygens (including phenoxy) is 1. The van der Waals surface area contributed by atoms with Crippen LogP contribution >= 0.6 is 0 Å². The van der Waals surface area contributed by atoms with Crippen LogP contribution < -0.4 is 5.32 Å². The van der Waals surface area contributed by atoms with E-state index in [1.165, 1.54) is 135 Å². The Balaban J connectivity index is 4.63. The fourth-order valence-electron chi connectivity index (χ4n) is 8.16. The molecule has 0 aliphatic carbocycles. The largest absolute Gasteiger partial charge is 0.462 e. The van der Waals surface area contributed by atoms with Crippen LogP contribution in [0.3, 0.4) is 0 Å². The summed E-state index contributed by atoms with van der Waals surface area (Å²) in [5.74, 6) is -0.568. The van der Waals surface area contributed by atoms with Crippen molar-refractivity contribution in [3.63, 3.8) is 0 Å². The maximum atomic E-state index is 13.2. The number of amides is 1. The second kappa shape index (κ2) is 52.3. The van der Waals surface area contributed by atoms with Crippen molar-refractivity contribution in [2.45, 2.75) is 283 Å². The van der Waals surface area contributed by atoms with Crippen molar-refractivity contribution >= 4 is 11.9 Å². The van der Waals surface area contributed by atoms with E-state index in [-0.39, 0.29) is 31.3 Å². The van der Waals surface area contributed by atoms with E-state index in [4.69, 9.17) is 4.74 Å². The van der Waals surface area contributed by atoms with Gasteiger partial charge < -0.3 is 20.3 Å². The van der Waals surface area contributed by atoms with E-state index in [0.717, 1.165) is 77.0 Å². The standard InChI is InChI=1S/C59H105NO5/c1-4-7-10-13-16-19-22-25-27-28-29-30-32-34-37-40-43-46-49-52-59(64)65-55(50-47-44-41-38-35-24-21-18-15-12-9-6-3)53-58(63)60-56(54-61)57(62)51-48-45-42-39-36-33-31-26-23-20-17-14-11-8-5-2/h7,10,16,19,25,27,29-30,34,37,43,46,55-57,61-62H,4-6,8-9,11-15,17-18,20-24,26,28,31-33,35-36,38-42,44-45,47-54H2,1-3H3,(H,60,63)/b10-7-,19-16-,27-25-,30-29-,37-34-,46-43-. The Labute approximate surface area is 402 Å². The quantitative estimate of drug-likeness (QED) is 0.0321. The number of hydrogen-bond donors (Lipinski definition) is 3. The lowest BCUT2D eigenvalue weighted by atomic mass is 10.0. The normalized spacial score (nSPS) is 13.7. The van der Waals surface area contributed by atoms with Crippen LogP contribution in [0.1, 0.15) is 265 Å². The summed E-state index contributed by atoms with van der Waals surface area (Å²) in [5.41, 5.74) is 0. The molecule has 0 saturated heterocycles. The molecule has 376 valence electrons. The number of aliphatic hydroxyl groups is 2. The zero-order valence-corrected chi connectivity index (χ0v) is 42.9. The van der Waals surface area contributed by atoms with E-state index in [1.54, 1.807) is 0 Å². The maximum absolute atomic E-state index is 13.2. The van der Waals surface area contributed by atoms with Gasteiger partial charge in [0.05, 0.1) is 25.2 Å². The summed E-state index contributed by atoms with van der Waals surface area (Å²) < 4.78 is 5.90. The molecule has 0 aliphatic rings. The summed E-state index contributed by atoms with van der Waals surface area (Å²) in [6, 6.07) is -0.717. The highest BCUT2D eigenvalue weighted by Crippen LogP contribution is 2.18. The average molecular weight is 908 g/mol. The first-order valence-electron chi connectivity index (χ1n) is 27.7. The zero-order chi connectivity index (χ0) is 47.4. The van der Waals surface area contributed by atoms with Gasteiger partial charge in [0.1, 0.15) is 6.10 Å². The molecule has 0 rings (SSSR count). The number of nitrogens with one attached hydrogen (secondary N) is 1. The van der Waals surface area contributed by atoms with Crippen LogP contribution in [0.15, 0.2) is 72.9 Å². The van der Waals surface area contributed by atoms with Gasteiger partial charge in [0.25, 0.3) is 0 Å². The van der Waals surface area contributed by atoms with E-state index < -0.39 is 18.2 Å². The van der Waals surface area contributed by atoms with Gasteiger partial charge in [0, 0.05) is 6.42 Å². The van der Waals surface area contributed by atoms with Crippen LogP contribution in [-0.2, 0) is 14.3 Å². The van der Waals surface area contributed by atoms with Gasteiger partial charge in [-0.25, -0.2) is 0 Å². The Morgan fingerprint density at radius 3 is 1.17 bits per heavy atom. The topological polar surface area (TPSA) is 95.9 Å². The third-order valence-corrected chi connectivity index (χ3v) is 12.3. The molecule has 0 saturated carbocycles. The van der Waals surface area contributed by atoms with Gasteiger partial charge >= 0.3 is 5.97 Å². The molecule has 6 heteroatoms. The Kier molecular flexibility index (Phi) is 50.1. The molecular weight excluding hydrogens is 803 g/mol. The number of unbranched alkanes of at least 4 members (excludes halogenated alkanes) is 25. The lowest BCUT2D eigenvalue weighted by Crippen LogP contribution is -2.46. The maximum Gasteiger partial charge on any atom is 0.306 e. The fourth-order valence-corrected chi connectivity index (χ4v) is 8.16. The van der Waals surface area contributed by atoms with E-state index >= 15 is 0 Å². The number of aliphatic hydroxyl groups excluding tert-OH is 2. The van der Waals surface area contributed by atoms with Crippen LogP contribution in [0, 0.1) is 0 Å². The number of rotatable bonds is 49. The molecule has 0 aromatic carbocycles. The minimum atomic E-state index is -0.801. The van der Waals surface area contributed by atoms with Crippen molar-refractivity contribution in [2.75, 3.05) is 6.61 Å². The molecule has 0 aromatic rings. The van der Waals surface area contributed by atoms with Gasteiger partial charge in [-0.1, -0.05) is 261 Å². The molecule has 0 aromatic heterocycles. The summed E-state index contributed by atoms with van der Waals surface area (Å²) in [4.78, 5) is 26.2. The second-order valence-electron chi connectivity index (χ2n) is 18.6. The molecule has 65 heavy (non-hydrogen) atoms. The fraction of sp³-hybridized carbons (Fsp3) is 0.763. The summed E-state index contributed by atoms with van der Waals surface area (Å²) in [6.07, 6.45) is 66.9. The lowest BCUT2D eigenvalue weighted by Gasteiger charge is -2.24. The minimum absolute atomic E-state index is 0.0475. The molecular formula is C59H105NO5. The highest BCUT2D eigenvalue weighted by molar-refractivity contribution is 5.77. The third-order valence-electron chi connectivity index (χ3n) is 12.3. The predicted molar refractivity (Wildman–Crippen MR) is 282 cm³/mol. The molecule has 6 nitrogen and oxygen atoms in total. The first-order valence-corrected chi connectivity index (χ1v) is 27.7. The van der Waals surface area contributed by atoms with Crippen molar-refractivity contribution in [1.82, 2.24) is 5.32 Å². The summed E-state index contributed by atoms with van der Waals surface area (Å²) in [6.45, 7) is 6.37. The van der Waals surface area contributed by atoms with E-state index in [2.05, 4.69) is 92.9 Å². The molecule has 0 heterocycles. The number of esters is 1. The van der Waals surface area contributed by atoms with Crippen LogP contribution in [0.2, 0.25) is 0 Å². The van der Waals surface area contributed by atoms with Gasteiger partial charge in [-0.05, 0) is 64.2 Å². The van der Waals surface area contributed by atoms with Crippen molar-refractivity contribution in [2.24, 2.45) is 0 Å². The molecule has 3 unspecified atom stereocenters. The van der Waals surface area contributed by atoms with E-state index in [0.29, 0.717) is 19.3 Å². The number of carbonyl (C=O) groups is 2. The average Bonchev–Trinajstić information content (AvgIpc) is 3.30. The summed E-state index contributed by atoms with van der Waals surface area (Å²) in [7, 11) is 0. The second-order valence-corrected chi connectivity index (χ2v) is 18.6. The highest BCUT2D eigenvalue weighted by Gasteiger charge is 2.24. The van der Waals surface area contributed by atoms with Crippen LogP contribution in [0.4, 0.5) is 0 Å². The Morgan fingerprint density at radius 1 is 0.462 bits per heavy atom. The van der Waals surface area contributed by atoms with Crippen LogP contribution in [0.25, 0.3) is 0 Å². The lowest BCUT2D eigenvalue weighted by molar-refractivity contribution is -0.150. The van der Waals surface area contributed by atoms with Gasteiger partial charge in [-0.3, -0.25) is 9.59 Å². The van der Waals surface area contributed by atoms with E-state index in [9.17, 15) is 19.8 Å². The van der Waals surface area contributed by atoms with Crippen LogP contribution in [0.5, 0.6) is 0 Å². The van der Waals surface area contributed by atoms with E-state index in [1.807, 2.05) is 6.08 Å². The minimum Gasteiger partial charge on any atom is -0.462 e.